The highest BCUT2D eigenvalue weighted by molar-refractivity contribution is 6.61. The van der Waals surface area contributed by atoms with E-state index in [1.807, 2.05) is 27.7 Å². The summed E-state index contributed by atoms with van der Waals surface area (Å²) in [5.41, 5.74) is -0.0409. The first-order valence-corrected chi connectivity index (χ1v) is 10.1. The quantitative estimate of drug-likeness (QED) is 0.540. The van der Waals surface area contributed by atoms with E-state index in [9.17, 15) is 9.90 Å². The predicted octanol–water partition coefficient (Wildman–Crippen LogP) is -0.538. The Kier molecular flexibility index (Phi) is 6.47. The van der Waals surface area contributed by atoms with Crippen LogP contribution in [-0.4, -0.2) is 76.8 Å². The molecule has 1 amide bonds. The SMILES string of the molecule is CC1(C)OB(c2cnc(N3CCC[C@H](CNC(=O)[C@H](O)CO)C3)nc2)OC1(C)C. The summed E-state index contributed by atoms with van der Waals surface area (Å²) < 4.78 is 12.1. The van der Waals surface area contributed by atoms with Crippen LogP contribution in [0.25, 0.3) is 0 Å². The zero-order valence-corrected chi connectivity index (χ0v) is 17.6. The lowest BCUT2D eigenvalue weighted by Gasteiger charge is -2.33. The Balaban J connectivity index is 1.58. The third kappa shape index (κ3) is 4.88. The maximum Gasteiger partial charge on any atom is 0.498 e. The minimum atomic E-state index is -1.37. The molecule has 2 aliphatic rings. The molecule has 0 aliphatic carbocycles. The molecule has 29 heavy (non-hydrogen) atoms. The van der Waals surface area contributed by atoms with Crippen molar-refractivity contribution in [3.05, 3.63) is 12.4 Å². The fraction of sp³-hybridized carbons (Fsp3) is 0.737. The van der Waals surface area contributed by atoms with Crippen molar-refractivity contribution < 1.29 is 24.3 Å². The zero-order chi connectivity index (χ0) is 21.2. The molecule has 2 aliphatic heterocycles. The molecule has 1 aromatic rings. The first kappa shape index (κ1) is 22.0. The van der Waals surface area contributed by atoms with Crippen LogP contribution in [0.1, 0.15) is 40.5 Å². The van der Waals surface area contributed by atoms with Gasteiger partial charge in [-0.25, -0.2) is 9.97 Å². The number of nitrogens with one attached hydrogen (secondary N) is 1. The van der Waals surface area contributed by atoms with Gasteiger partial charge in [-0.2, -0.15) is 0 Å². The fourth-order valence-corrected chi connectivity index (χ4v) is 3.45. The molecule has 3 heterocycles. The van der Waals surface area contributed by atoms with E-state index in [0.717, 1.165) is 24.8 Å². The molecule has 10 heteroatoms. The summed E-state index contributed by atoms with van der Waals surface area (Å²) in [5.74, 6) is 0.314. The molecule has 0 saturated carbocycles. The lowest BCUT2D eigenvalue weighted by Crippen LogP contribution is -2.44. The molecular formula is C19H31BN4O5. The van der Waals surface area contributed by atoms with Gasteiger partial charge in [-0.3, -0.25) is 4.79 Å². The largest absolute Gasteiger partial charge is 0.498 e. The number of aliphatic hydroxyl groups is 2. The molecule has 2 atom stereocenters. The monoisotopic (exact) mass is 406 g/mol. The van der Waals surface area contributed by atoms with Crippen LogP contribution >= 0.6 is 0 Å². The highest BCUT2D eigenvalue weighted by Crippen LogP contribution is 2.36. The van der Waals surface area contributed by atoms with E-state index in [1.54, 1.807) is 12.4 Å². The van der Waals surface area contributed by atoms with Gasteiger partial charge in [0.25, 0.3) is 5.91 Å². The molecule has 0 unspecified atom stereocenters. The number of anilines is 1. The van der Waals surface area contributed by atoms with Gasteiger partial charge in [0.1, 0.15) is 0 Å². The van der Waals surface area contributed by atoms with Gasteiger partial charge in [0.05, 0.1) is 17.8 Å². The Hall–Kier alpha value is -1.75. The smallest absolute Gasteiger partial charge is 0.399 e. The Bertz CT molecular complexity index is 699. The molecule has 0 bridgehead atoms. The first-order valence-electron chi connectivity index (χ1n) is 10.1. The standard InChI is InChI=1S/C19H31BN4O5/c1-18(2)19(3,4)29-20(28-18)14-9-22-17(23-10-14)24-7-5-6-13(11-24)8-21-16(27)15(26)12-25/h9-10,13,15,25-26H,5-8,11-12H2,1-4H3,(H,21,27)/t13-,15-/m1/s1. The molecule has 2 saturated heterocycles. The molecule has 0 spiro atoms. The first-order chi connectivity index (χ1) is 13.6. The molecular weight excluding hydrogens is 375 g/mol. The lowest BCUT2D eigenvalue weighted by atomic mass is 9.81. The lowest BCUT2D eigenvalue weighted by molar-refractivity contribution is -0.131. The molecule has 3 N–H and O–H groups in total. The number of amides is 1. The zero-order valence-electron chi connectivity index (χ0n) is 17.6. The summed E-state index contributed by atoms with van der Waals surface area (Å²) in [6.45, 7) is 9.46. The van der Waals surface area contributed by atoms with Gasteiger partial charge >= 0.3 is 7.12 Å². The minimum absolute atomic E-state index is 0.227. The highest BCUT2D eigenvalue weighted by atomic mass is 16.7. The second-order valence-corrected chi connectivity index (χ2v) is 8.80. The van der Waals surface area contributed by atoms with E-state index in [-0.39, 0.29) is 5.92 Å². The van der Waals surface area contributed by atoms with Crippen LogP contribution in [0.4, 0.5) is 5.95 Å². The number of hydrogen-bond donors (Lipinski definition) is 3. The van der Waals surface area contributed by atoms with E-state index in [1.165, 1.54) is 0 Å². The maximum absolute atomic E-state index is 11.6. The topological polar surface area (TPSA) is 117 Å². The van der Waals surface area contributed by atoms with Crippen molar-refractivity contribution >= 4 is 24.4 Å². The molecule has 160 valence electrons. The third-order valence-corrected chi connectivity index (χ3v) is 6.03. The molecule has 0 aromatic carbocycles. The Morgan fingerprint density at radius 3 is 2.52 bits per heavy atom. The molecule has 1 aromatic heterocycles. The van der Waals surface area contributed by atoms with Crippen LogP contribution in [-0.2, 0) is 14.1 Å². The number of rotatable bonds is 6. The van der Waals surface area contributed by atoms with Gasteiger partial charge < -0.3 is 29.7 Å². The summed E-state index contributed by atoms with van der Waals surface area (Å²) in [5, 5.41) is 20.9. The summed E-state index contributed by atoms with van der Waals surface area (Å²) in [4.78, 5) is 22.8. The number of hydrogen-bond acceptors (Lipinski definition) is 8. The van der Waals surface area contributed by atoms with Gasteiger partial charge in [0.2, 0.25) is 5.95 Å². The number of carbonyl (C=O) groups excluding carboxylic acids is 1. The van der Waals surface area contributed by atoms with E-state index < -0.39 is 36.9 Å². The Morgan fingerprint density at radius 2 is 1.93 bits per heavy atom. The normalized spacial score (nSPS) is 24.4. The molecule has 0 radical (unpaired) electrons. The summed E-state index contributed by atoms with van der Waals surface area (Å²) >= 11 is 0. The fourth-order valence-electron chi connectivity index (χ4n) is 3.45. The van der Waals surface area contributed by atoms with Gasteiger partial charge in [-0.05, 0) is 46.5 Å². The van der Waals surface area contributed by atoms with Gasteiger partial charge in [-0.1, -0.05) is 0 Å². The highest BCUT2D eigenvalue weighted by Gasteiger charge is 2.52. The van der Waals surface area contributed by atoms with Crippen LogP contribution < -0.4 is 15.7 Å². The molecule has 9 nitrogen and oxygen atoms in total. The van der Waals surface area contributed by atoms with Gasteiger partial charge in [0.15, 0.2) is 6.10 Å². The summed E-state index contributed by atoms with van der Waals surface area (Å²) in [6, 6.07) is 0. The number of piperidine rings is 1. The average Bonchev–Trinajstić information content (AvgIpc) is 2.93. The van der Waals surface area contributed by atoms with Crippen LogP contribution in [0.2, 0.25) is 0 Å². The van der Waals surface area contributed by atoms with E-state index >= 15 is 0 Å². The van der Waals surface area contributed by atoms with Crippen molar-refractivity contribution in [3.8, 4) is 0 Å². The van der Waals surface area contributed by atoms with E-state index in [0.29, 0.717) is 19.0 Å². The summed E-state index contributed by atoms with van der Waals surface area (Å²) in [7, 11) is -0.490. The maximum atomic E-state index is 11.6. The van der Waals surface area contributed by atoms with Crippen LogP contribution in [0.15, 0.2) is 12.4 Å². The average molecular weight is 406 g/mol. The molecule has 2 fully saturated rings. The van der Waals surface area contributed by atoms with Crippen molar-refractivity contribution in [2.45, 2.75) is 57.8 Å². The molecule has 3 rings (SSSR count). The number of nitrogens with zero attached hydrogens (tertiary/aromatic N) is 3. The minimum Gasteiger partial charge on any atom is -0.399 e. The summed E-state index contributed by atoms with van der Waals surface area (Å²) in [6.07, 6.45) is 4.05. The van der Waals surface area contributed by atoms with Crippen molar-refractivity contribution in [2.24, 2.45) is 5.92 Å². The Labute approximate surface area is 172 Å². The van der Waals surface area contributed by atoms with Crippen molar-refractivity contribution in [1.29, 1.82) is 0 Å². The second kappa shape index (κ2) is 8.55. The van der Waals surface area contributed by atoms with Crippen LogP contribution in [0, 0.1) is 5.92 Å². The Morgan fingerprint density at radius 1 is 1.31 bits per heavy atom. The number of carbonyl (C=O) groups is 1. The van der Waals surface area contributed by atoms with Gasteiger partial charge in [0, 0.05) is 37.5 Å². The van der Waals surface area contributed by atoms with Crippen LogP contribution in [0.5, 0.6) is 0 Å². The number of aliphatic hydroxyl groups excluding tert-OH is 2. The number of aromatic nitrogens is 2. The predicted molar refractivity (Wildman–Crippen MR) is 109 cm³/mol. The van der Waals surface area contributed by atoms with Crippen molar-refractivity contribution in [1.82, 2.24) is 15.3 Å². The third-order valence-electron chi connectivity index (χ3n) is 6.03. The van der Waals surface area contributed by atoms with Crippen molar-refractivity contribution in [2.75, 3.05) is 31.1 Å². The van der Waals surface area contributed by atoms with E-state index in [2.05, 4.69) is 20.2 Å². The van der Waals surface area contributed by atoms with Crippen molar-refractivity contribution in [3.63, 3.8) is 0 Å². The van der Waals surface area contributed by atoms with Gasteiger partial charge in [-0.15, -0.1) is 0 Å². The second-order valence-electron chi connectivity index (χ2n) is 8.80. The van der Waals surface area contributed by atoms with E-state index in [4.69, 9.17) is 14.4 Å². The van der Waals surface area contributed by atoms with Crippen LogP contribution in [0.3, 0.4) is 0 Å².